The predicted octanol–water partition coefficient (Wildman–Crippen LogP) is 4.11. The van der Waals surface area contributed by atoms with Crippen LogP contribution in [-0.2, 0) is 17.8 Å². The first-order valence-corrected chi connectivity index (χ1v) is 10.6. The van der Waals surface area contributed by atoms with E-state index in [-0.39, 0.29) is 5.91 Å². The van der Waals surface area contributed by atoms with Crippen LogP contribution in [0.25, 0.3) is 11.4 Å². The number of rotatable bonds is 9. The number of nitrogens with one attached hydrogen (secondary N) is 1. The molecule has 1 N–H and O–H groups in total. The molecule has 5 nitrogen and oxygen atoms in total. The van der Waals surface area contributed by atoms with Gasteiger partial charge >= 0.3 is 0 Å². The Morgan fingerprint density at radius 3 is 2.68 bits per heavy atom. The van der Waals surface area contributed by atoms with Crippen LogP contribution in [0.2, 0.25) is 0 Å². The van der Waals surface area contributed by atoms with Gasteiger partial charge in [0.05, 0.1) is 5.75 Å². The van der Waals surface area contributed by atoms with Crippen LogP contribution >= 0.6 is 11.8 Å². The molecule has 0 aliphatic rings. The highest BCUT2D eigenvalue weighted by Crippen LogP contribution is 2.25. The lowest BCUT2D eigenvalue weighted by Gasteiger charge is -2.09. The molecule has 0 aliphatic carbocycles. The lowest BCUT2D eigenvalue weighted by molar-refractivity contribution is -0.118. The Labute approximate surface area is 170 Å². The smallest absolute Gasteiger partial charge is 0.230 e. The minimum absolute atomic E-state index is 0.0177. The van der Waals surface area contributed by atoms with Gasteiger partial charge in [-0.25, -0.2) is 0 Å². The van der Waals surface area contributed by atoms with Gasteiger partial charge in [0.25, 0.3) is 0 Å². The topological polar surface area (TPSA) is 59.8 Å². The molecule has 0 unspecified atom stereocenters. The number of nitrogens with zero attached hydrogens (tertiary/aromatic N) is 3. The maximum Gasteiger partial charge on any atom is 0.230 e. The summed E-state index contributed by atoms with van der Waals surface area (Å²) in [6.45, 7) is 5.66. The maximum absolute atomic E-state index is 12.2. The molecule has 1 aromatic heterocycles. The van der Waals surface area contributed by atoms with E-state index in [1.807, 2.05) is 30.3 Å². The minimum Gasteiger partial charge on any atom is -0.355 e. The Kier molecular flexibility index (Phi) is 7.25. The van der Waals surface area contributed by atoms with Crippen molar-refractivity contribution in [1.29, 1.82) is 0 Å². The van der Waals surface area contributed by atoms with Crippen LogP contribution in [-0.4, -0.2) is 33.0 Å². The van der Waals surface area contributed by atoms with Gasteiger partial charge in [0.2, 0.25) is 5.91 Å². The van der Waals surface area contributed by atoms with E-state index in [1.54, 1.807) is 0 Å². The molecule has 1 heterocycles. The van der Waals surface area contributed by atoms with Gasteiger partial charge in [-0.05, 0) is 31.4 Å². The first kappa shape index (κ1) is 20.1. The summed E-state index contributed by atoms with van der Waals surface area (Å²) in [5.74, 6) is 1.21. The number of carbonyl (C=O) groups is 1. The second kappa shape index (κ2) is 10.1. The zero-order valence-electron chi connectivity index (χ0n) is 16.4. The van der Waals surface area contributed by atoms with E-state index in [2.05, 4.69) is 58.2 Å². The minimum atomic E-state index is 0.0177. The summed E-state index contributed by atoms with van der Waals surface area (Å²) in [6, 6.07) is 18.4. The van der Waals surface area contributed by atoms with Crippen molar-refractivity contribution in [3.8, 4) is 11.4 Å². The van der Waals surface area contributed by atoms with E-state index in [0.717, 1.165) is 35.9 Å². The monoisotopic (exact) mass is 394 g/mol. The molecule has 0 saturated carbocycles. The molecule has 146 valence electrons. The van der Waals surface area contributed by atoms with Gasteiger partial charge in [-0.1, -0.05) is 72.8 Å². The lowest BCUT2D eigenvalue weighted by Crippen LogP contribution is -2.27. The molecular formula is C22H26N4OS. The third-order valence-corrected chi connectivity index (χ3v) is 5.32. The second-order valence-electron chi connectivity index (χ2n) is 6.70. The molecule has 0 aliphatic heterocycles. The first-order chi connectivity index (χ1) is 13.7. The largest absolute Gasteiger partial charge is 0.355 e. The molecule has 6 heteroatoms. The summed E-state index contributed by atoms with van der Waals surface area (Å²) in [5, 5.41) is 12.5. The van der Waals surface area contributed by atoms with Gasteiger partial charge < -0.3 is 9.88 Å². The fourth-order valence-electron chi connectivity index (χ4n) is 2.99. The summed E-state index contributed by atoms with van der Waals surface area (Å²) in [4.78, 5) is 12.2. The number of carbonyl (C=O) groups excluding carboxylic acids is 1. The summed E-state index contributed by atoms with van der Waals surface area (Å²) >= 11 is 1.44. The van der Waals surface area contributed by atoms with E-state index in [9.17, 15) is 4.79 Å². The van der Waals surface area contributed by atoms with E-state index < -0.39 is 0 Å². The number of aryl methyl sites for hydroxylation is 1. The zero-order chi connectivity index (χ0) is 19.8. The molecule has 0 radical (unpaired) electrons. The number of hydrogen-bond donors (Lipinski definition) is 1. The highest BCUT2D eigenvalue weighted by molar-refractivity contribution is 7.99. The molecule has 0 spiro atoms. The Bertz CT molecular complexity index is 908. The van der Waals surface area contributed by atoms with Crippen molar-refractivity contribution in [3.63, 3.8) is 0 Å². The van der Waals surface area contributed by atoms with Crippen LogP contribution in [0.3, 0.4) is 0 Å². The molecule has 0 fully saturated rings. The first-order valence-electron chi connectivity index (χ1n) is 9.61. The number of thioether (sulfide) groups is 1. The third kappa shape index (κ3) is 5.45. The van der Waals surface area contributed by atoms with Gasteiger partial charge in [0.15, 0.2) is 11.0 Å². The number of benzene rings is 2. The van der Waals surface area contributed by atoms with Gasteiger partial charge in [-0.3, -0.25) is 4.79 Å². The van der Waals surface area contributed by atoms with Gasteiger partial charge in [0.1, 0.15) is 0 Å². The molecule has 3 rings (SSSR count). The molecule has 1 amide bonds. The Morgan fingerprint density at radius 2 is 1.93 bits per heavy atom. The summed E-state index contributed by atoms with van der Waals surface area (Å²) in [7, 11) is 0. The van der Waals surface area contributed by atoms with Gasteiger partial charge in [0, 0.05) is 18.7 Å². The van der Waals surface area contributed by atoms with Crippen LogP contribution in [0.1, 0.15) is 24.5 Å². The van der Waals surface area contributed by atoms with Crippen molar-refractivity contribution < 1.29 is 4.79 Å². The fraction of sp³-hybridized carbons (Fsp3) is 0.318. The van der Waals surface area contributed by atoms with Crippen molar-refractivity contribution in [3.05, 3.63) is 65.7 Å². The number of amides is 1. The van der Waals surface area contributed by atoms with Crippen molar-refractivity contribution in [2.75, 3.05) is 12.3 Å². The number of hydrogen-bond acceptors (Lipinski definition) is 4. The SMILES string of the molecule is CCCn1c(SCC(=O)NCCc2ccccc2)nnc1-c1cccc(C)c1. The van der Waals surface area contributed by atoms with Crippen molar-refractivity contribution in [2.24, 2.45) is 0 Å². The van der Waals surface area contributed by atoms with Crippen LogP contribution in [0.5, 0.6) is 0 Å². The van der Waals surface area contributed by atoms with Crippen molar-refractivity contribution in [2.45, 2.75) is 38.4 Å². The average Bonchev–Trinajstić information content (AvgIpc) is 3.10. The quantitative estimate of drug-likeness (QED) is 0.555. The average molecular weight is 395 g/mol. The molecule has 0 bridgehead atoms. The second-order valence-corrected chi connectivity index (χ2v) is 7.64. The Hall–Kier alpha value is -2.60. The molecule has 3 aromatic rings. The predicted molar refractivity (Wildman–Crippen MR) is 114 cm³/mol. The van der Waals surface area contributed by atoms with E-state index in [4.69, 9.17) is 0 Å². The van der Waals surface area contributed by atoms with E-state index >= 15 is 0 Å². The van der Waals surface area contributed by atoms with Crippen LogP contribution in [0.4, 0.5) is 0 Å². The van der Waals surface area contributed by atoms with Crippen LogP contribution in [0.15, 0.2) is 59.8 Å². The van der Waals surface area contributed by atoms with E-state index in [1.165, 1.54) is 22.9 Å². The van der Waals surface area contributed by atoms with Gasteiger partial charge in [-0.15, -0.1) is 10.2 Å². The van der Waals surface area contributed by atoms with E-state index in [0.29, 0.717) is 12.3 Å². The zero-order valence-corrected chi connectivity index (χ0v) is 17.2. The molecule has 0 saturated heterocycles. The normalized spacial score (nSPS) is 10.8. The number of aromatic nitrogens is 3. The standard InChI is InChI=1S/C22H26N4OS/c1-3-14-26-21(19-11-7-8-17(2)15-19)24-25-22(26)28-16-20(27)23-13-12-18-9-5-4-6-10-18/h4-11,15H,3,12-14,16H2,1-2H3,(H,23,27). The Balaban J connectivity index is 1.58. The maximum atomic E-state index is 12.2. The summed E-state index contributed by atoms with van der Waals surface area (Å²) in [5.41, 5.74) is 3.47. The van der Waals surface area contributed by atoms with Crippen LogP contribution < -0.4 is 5.32 Å². The Morgan fingerprint density at radius 1 is 1.11 bits per heavy atom. The molecule has 28 heavy (non-hydrogen) atoms. The summed E-state index contributed by atoms with van der Waals surface area (Å²) < 4.78 is 2.11. The molecule has 2 aromatic carbocycles. The van der Waals surface area contributed by atoms with Crippen molar-refractivity contribution in [1.82, 2.24) is 20.1 Å². The molecular weight excluding hydrogens is 368 g/mol. The van der Waals surface area contributed by atoms with Crippen molar-refractivity contribution >= 4 is 17.7 Å². The summed E-state index contributed by atoms with van der Waals surface area (Å²) in [6.07, 6.45) is 1.81. The lowest BCUT2D eigenvalue weighted by atomic mass is 10.1. The fourth-order valence-corrected chi connectivity index (χ4v) is 3.78. The van der Waals surface area contributed by atoms with Crippen LogP contribution in [0, 0.1) is 6.92 Å². The highest BCUT2D eigenvalue weighted by Gasteiger charge is 2.15. The highest BCUT2D eigenvalue weighted by atomic mass is 32.2. The van der Waals surface area contributed by atoms with Gasteiger partial charge in [-0.2, -0.15) is 0 Å². The molecule has 0 atom stereocenters. The third-order valence-electron chi connectivity index (χ3n) is 4.35.